The fraction of sp³-hybridized carbons (Fsp3) is 0.786. The summed E-state index contributed by atoms with van der Waals surface area (Å²) in [6, 6.07) is -0.869. The van der Waals surface area contributed by atoms with E-state index in [0.717, 1.165) is 12.8 Å². The van der Waals surface area contributed by atoms with Crippen molar-refractivity contribution in [3.8, 4) is 0 Å². The number of carbonyl (C=O) groups excluding carboxylic acids is 3. The first-order valence-corrected chi connectivity index (χ1v) is 7.18. The maximum absolute atomic E-state index is 12.4. The van der Waals surface area contributed by atoms with Crippen LogP contribution in [0.2, 0.25) is 0 Å². The topological polar surface area (TPSA) is 102 Å². The van der Waals surface area contributed by atoms with Crippen LogP contribution in [0.25, 0.3) is 0 Å². The Bertz CT molecular complexity index is 417. The highest BCUT2D eigenvalue weighted by Crippen LogP contribution is 2.18. The molecule has 0 saturated carbocycles. The number of primary amides is 1. The molecular weight excluding hydrogens is 274 g/mol. The van der Waals surface area contributed by atoms with Gasteiger partial charge in [-0.25, -0.2) is 4.79 Å². The van der Waals surface area contributed by atoms with Crippen molar-refractivity contribution in [1.82, 2.24) is 10.2 Å². The molecule has 1 aliphatic rings. The summed E-state index contributed by atoms with van der Waals surface area (Å²) in [5, 5.41) is 2.45. The molecule has 0 aromatic rings. The van der Waals surface area contributed by atoms with Gasteiger partial charge in [-0.1, -0.05) is 0 Å². The molecule has 3 amide bonds. The number of amides is 3. The van der Waals surface area contributed by atoms with Crippen LogP contribution in [0.4, 0.5) is 4.79 Å². The molecule has 0 aliphatic carbocycles. The quantitative estimate of drug-likeness (QED) is 0.800. The molecule has 0 spiro atoms. The van der Waals surface area contributed by atoms with E-state index in [2.05, 4.69) is 5.32 Å². The molecule has 3 N–H and O–H groups in total. The van der Waals surface area contributed by atoms with Gasteiger partial charge in [0.15, 0.2) is 0 Å². The van der Waals surface area contributed by atoms with E-state index in [1.165, 1.54) is 0 Å². The van der Waals surface area contributed by atoms with Gasteiger partial charge in [0.1, 0.15) is 11.6 Å². The minimum absolute atomic E-state index is 0.105. The summed E-state index contributed by atoms with van der Waals surface area (Å²) in [7, 11) is 0. The van der Waals surface area contributed by atoms with E-state index in [4.69, 9.17) is 10.5 Å². The highest BCUT2D eigenvalue weighted by molar-refractivity contribution is 5.90. The number of likely N-dealkylation sites (tertiary alicyclic amines) is 1. The molecule has 7 heteroatoms. The summed E-state index contributed by atoms with van der Waals surface area (Å²) in [5.74, 6) is -0.930. The normalized spacial score (nSPS) is 20.0. The van der Waals surface area contributed by atoms with Crippen molar-refractivity contribution in [1.29, 1.82) is 0 Å². The Labute approximate surface area is 125 Å². The lowest BCUT2D eigenvalue weighted by atomic mass is 10.1. The Balaban J connectivity index is 2.73. The maximum Gasteiger partial charge on any atom is 0.408 e. The molecule has 2 atom stereocenters. The molecule has 0 aromatic heterocycles. The van der Waals surface area contributed by atoms with Gasteiger partial charge in [-0.15, -0.1) is 0 Å². The summed E-state index contributed by atoms with van der Waals surface area (Å²) in [5.41, 5.74) is 4.49. The summed E-state index contributed by atoms with van der Waals surface area (Å²) >= 11 is 0. The third-order valence-corrected chi connectivity index (χ3v) is 3.23. The Morgan fingerprint density at radius 2 is 2.00 bits per heavy atom. The van der Waals surface area contributed by atoms with Gasteiger partial charge in [0.2, 0.25) is 11.8 Å². The number of rotatable bonds is 4. The molecule has 21 heavy (non-hydrogen) atoms. The van der Waals surface area contributed by atoms with Gasteiger partial charge in [-0.3, -0.25) is 9.59 Å². The molecule has 1 heterocycles. The second-order valence-electron chi connectivity index (χ2n) is 6.39. The minimum Gasteiger partial charge on any atom is -0.444 e. The largest absolute Gasteiger partial charge is 0.444 e. The van der Waals surface area contributed by atoms with Crippen LogP contribution in [-0.2, 0) is 14.3 Å². The van der Waals surface area contributed by atoms with Crippen LogP contribution in [-0.4, -0.2) is 47.0 Å². The first kappa shape index (κ1) is 17.3. The van der Waals surface area contributed by atoms with Gasteiger partial charge < -0.3 is 20.7 Å². The van der Waals surface area contributed by atoms with Gasteiger partial charge in [-0.05, 0) is 40.5 Å². The fourth-order valence-electron chi connectivity index (χ4n) is 2.31. The Hall–Kier alpha value is -1.79. The Kier molecular flexibility index (Phi) is 5.57. The van der Waals surface area contributed by atoms with Crippen LogP contribution >= 0.6 is 0 Å². The van der Waals surface area contributed by atoms with Crippen molar-refractivity contribution in [2.45, 2.75) is 64.6 Å². The maximum atomic E-state index is 12.4. The van der Waals surface area contributed by atoms with Crippen molar-refractivity contribution in [2.75, 3.05) is 6.54 Å². The molecule has 120 valence electrons. The molecular formula is C14H25N3O4. The molecule has 1 saturated heterocycles. The van der Waals surface area contributed by atoms with E-state index in [9.17, 15) is 14.4 Å². The van der Waals surface area contributed by atoms with E-state index in [0.29, 0.717) is 6.54 Å². The number of ether oxygens (including phenoxy) is 1. The average molecular weight is 299 g/mol. The van der Waals surface area contributed by atoms with Gasteiger partial charge in [0.05, 0.1) is 6.42 Å². The number of nitrogens with one attached hydrogen (secondary N) is 1. The number of carbonyl (C=O) groups is 3. The number of hydrogen-bond acceptors (Lipinski definition) is 4. The lowest BCUT2D eigenvalue weighted by Gasteiger charge is -2.28. The van der Waals surface area contributed by atoms with E-state index in [-0.39, 0.29) is 18.4 Å². The molecule has 1 fully saturated rings. The number of nitrogens with zero attached hydrogens (tertiary/aromatic N) is 1. The summed E-state index contributed by atoms with van der Waals surface area (Å²) in [6.07, 6.45) is 0.875. The highest BCUT2D eigenvalue weighted by Gasteiger charge is 2.33. The Morgan fingerprint density at radius 3 is 2.43 bits per heavy atom. The van der Waals surface area contributed by atoms with Gasteiger partial charge in [0, 0.05) is 12.6 Å². The molecule has 0 aromatic carbocycles. The molecule has 1 rings (SSSR count). The number of hydrogen-bond donors (Lipinski definition) is 2. The molecule has 0 bridgehead atoms. The lowest BCUT2D eigenvalue weighted by Crippen LogP contribution is -2.51. The standard InChI is InChI=1S/C14H25N3O4/c1-9-6-5-7-17(9)12(19)10(8-11(15)18)16-13(20)21-14(2,3)4/h9-10H,5-8H2,1-4H3,(H2,15,18)(H,16,20). The van der Waals surface area contributed by atoms with E-state index >= 15 is 0 Å². The zero-order valence-electron chi connectivity index (χ0n) is 13.1. The first-order valence-electron chi connectivity index (χ1n) is 7.18. The zero-order chi connectivity index (χ0) is 16.2. The first-order chi connectivity index (χ1) is 9.60. The molecule has 7 nitrogen and oxygen atoms in total. The number of alkyl carbamates (subject to hydrolysis) is 1. The van der Waals surface area contributed by atoms with Crippen LogP contribution in [0.5, 0.6) is 0 Å². The van der Waals surface area contributed by atoms with Crippen LogP contribution in [0.15, 0.2) is 0 Å². The summed E-state index contributed by atoms with van der Waals surface area (Å²) in [4.78, 5) is 37.0. The molecule has 2 unspecified atom stereocenters. The number of nitrogens with two attached hydrogens (primary N) is 1. The van der Waals surface area contributed by atoms with Crippen molar-refractivity contribution >= 4 is 17.9 Å². The SMILES string of the molecule is CC1CCCN1C(=O)C(CC(N)=O)NC(=O)OC(C)(C)C. The smallest absolute Gasteiger partial charge is 0.408 e. The van der Waals surface area contributed by atoms with Crippen molar-refractivity contribution in [3.05, 3.63) is 0 Å². The van der Waals surface area contributed by atoms with Gasteiger partial charge in [0.25, 0.3) is 0 Å². The zero-order valence-corrected chi connectivity index (χ0v) is 13.1. The second-order valence-corrected chi connectivity index (χ2v) is 6.39. The monoisotopic (exact) mass is 299 g/mol. The van der Waals surface area contributed by atoms with Crippen LogP contribution in [0.3, 0.4) is 0 Å². The van der Waals surface area contributed by atoms with Gasteiger partial charge >= 0.3 is 6.09 Å². The Morgan fingerprint density at radius 1 is 1.38 bits per heavy atom. The predicted octanol–water partition coefficient (Wildman–Crippen LogP) is 0.766. The third-order valence-electron chi connectivity index (χ3n) is 3.23. The van der Waals surface area contributed by atoms with Crippen LogP contribution in [0, 0.1) is 0 Å². The minimum atomic E-state index is -0.974. The molecule has 0 radical (unpaired) electrons. The second kappa shape index (κ2) is 6.78. The summed E-state index contributed by atoms with van der Waals surface area (Å²) in [6.45, 7) is 7.74. The fourth-order valence-corrected chi connectivity index (χ4v) is 2.31. The van der Waals surface area contributed by atoms with Gasteiger partial charge in [-0.2, -0.15) is 0 Å². The predicted molar refractivity (Wildman–Crippen MR) is 77.4 cm³/mol. The summed E-state index contributed by atoms with van der Waals surface area (Å²) < 4.78 is 5.12. The van der Waals surface area contributed by atoms with Crippen molar-refractivity contribution in [3.63, 3.8) is 0 Å². The lowest BCUT2D eigenvalue weighted by molar-refractivity contribution is -0.136. The van der Waals surface area contributed by atoms with Crippen LogP contribution in [0.1, 0.15) is 47.0 Å². The van der Waals surface area contributed by atoms with E-state index < -0.39 is 23.6 Å². The third kappa shape index (κ3) is 5.61. The molecule has 1 aliphatic heterocycles. The van der Waals surface area contributed by atoms with E-state index in [1.54, 1.807) is 25.7 Å². The van der Waals surface area contributed by atoms with E-state index in [1.807, 2.05) is 6.92 Å². The van der Waals surface area contributed by atoms with Crippen molar-refractivity contribution in [2.24, 2.45) is 5.73 Å². The highest BCUT2D eigenvalue weighted by atomic mass is 16.6. The van der Waals surface area contributed by atoms with Crippen molar-refractivity contribution < 1.29 is 19.1 Å². The van der Waals surface area contributed by atoms with Crippen LogP contribution < -0.4 is 11.1 Å². The average Bonchev–Trinajstić information content (AvgIpc) is 2.70.